The van der Waals surface area contributed by atoms with Crippen molar-refractivity contribution in [3.8, 4) is 21.1 Å². The molecule has 0 spiro atoms. The van der Waals surface area contributed by atoms with E-state index in [1.54, 1.807) is 19.1 Å². The number of hydrogen-bond acceptors (Lipinski definition) is 7. The highest BCUT2D eigenvalue weighted by molar-refractivity contribution is 7.22. The number of fused-ring (bicyclic) bond motifs is 1. The maximum atomic E-state index is 13.4. The molecule has 0 aliphatic carbocycles. The second-order valence-electron chi connectivity index (χ2n) is 7.03. The van der Waals surface area contributed by atoms with Gasteiger partial charge in [0.2, 0.25) is 0 Å². The number of nitrogens with zero attached hydrogens (tertiary/aromatic N) is 3. The van der Waals surface area contributed by atoms with Gasteiger partial charge in [0.25, 0.3) is 11.8 Å². The molecule has 0 saturated heterocycles. The number of nitrogens with one attached hydrogen (secondary N) is 1. The van der Waals surface area contributed by atoms with Gasteiger partial charge in [0.1, 0.15) is 10.6 Å². The lowest BCUT2D eigenvalue weighted by atomic mass is 10.1. The predicted octanol–water partition coefficient (Wildman–Crippen LogP) is 5.18. The van der Waals surface area contributed by atoms with Crippen LogP contribution in [-0.4, -0.2) is 26.8 Å². The lowest BCUT2D eigenvalue weighted by molar-refractivity contribution is -0.135. The number of aryl methyl sites for hydroxylation is 1. The van der Waals surface area contributed by atoms with Crippen LogP contribution < -0.4 is 5.43 Å². The van der Waals surface area contributed by atoms with Crippen molar-refractivity contribution in [1.29, 1.82) is 0 Å². The highest BCUT2D eigenvalue weighted by atomic mass is 32.1. The molecule has 1 aliphatic heterocycles. The summed E-state index contributed by atoms with van der Waals surface area (Å²) in [6.45, 7) is 3.52. The predicted molar refractivity (Wildman–Crippen MR) is 120 cm³/mol. The highest BCUT2D eigenvalue weighted by Crippen LogP contribution is 2.41. The Bertz CT molecular complexity index is 1380. The van der Waals surface area contributed by atoms with Crippen molar-refractivity contribution in [2.45, 2.75) is 13.8 Å². The number of benzene rings is 1. The molecule has 9 heteroatoms. The third-order valence-electron chi connectivity index (χ3n) is 4.96. The van der Waals surface area contributed by atoms with E-state index in [1.807, 2.05) is 24.4 Å². The van der Waals surface area contributed by atoms with Crippen LogP contribution >= 0.6 is 22.7 Å². The lowest BCUT2D eigenvalue weighted by Gasteiger charge is -2.17. The molecule has 0 fully saturated rings. The van der Waals surface area contributed by atoms with Gasteiger partial charge in [0.05, 0.1) is 10.3 Å². The minimum absolute atomic E-state index is 0.307. The van der Waals surface area contributed by atoms with Gasteiger partial charge in [-0.05, 0) is 48.6 Å². The number of rotatable bonds is 4. The molecule has 3 aromatic heterocycles. The normalized spacial score (nSPS) is 13.9. The van der Waals surface area contributed by atoms with Crippen molar-refractivity contribution in [3.63, 3.8) is 0 Å². The molecule has 5 rings (SSSR count). The Labute approximate surface area is 184 Å². The number of carbonyl (C=O) groups is 2. The Hall–Kier alpha value is -3.43. The van der Waals surface area contributed by atoms with E-state index in [4.69, 9.17) is 4.98 Å². The first-order valence-electron chi connectivity index (χ1n) is 9.36. The van der Waals surface area contributed by atoms with Crippen LogP contribution in [0.2, 0.25) is 0 Å². The van der Waals surface area contributed by atoms with E-state index in [2.05, 4.69) is 10.4 Å². The molecule has 0 bridgehead atoms. The number of imide groups is 1. The van der Waals surface area contributed by atoms with E-state index in [0.29, 0.717) is 22.0 Å². The van der Waals surface area contributed by atoms with Crippen LogP contribution in [-0.2, 0) is 9.59 Å². The van der Waals surface area contributed by atoms with Gasteiger partial charge in [-0.1, -0.05) is 18.2 Å². The first-order valence-corrected chi connectivity index (χ1v) is 11.1. The molecule has 0 saturated carbocycles. The van der Waals surface area contributed by atoms with Crippen LogP contribution in [0.25, 0.3) is 31.4 Å². The third-order valence-corrected chi connectivity index (χ3v) is 7.06. The van der Waals surface area contributed by atoms with Gasteiger partial charge in [0, 0.05) is 16.5 Å². The van der Waals surface area contributed by atoms with Crippen molar-refractivity contribution in [1.82, 2.24) is 15.0 Å². The topological polar surface area (TPSA) is 75.2 Å². The summed E-state index contributed by atoms with van der Waals surface area (Å²) in [6.07, 6.45) is 1.29. The summed E-state index contributed by atoms with van der Waals surface area (Å²) >= 11 is 2.96. The lowest BCUT2D eigenvalue weighted by Crippen LogP contribution is -2.36. The van der Waals surface area contributed by atoms with Gasteiger partial charge >= 0.3 is 0 Å². The zero-order valence-corrected chi connectivity index (χ0v) is 18.1. The fraction of sp³-hybridized carbons (Fsp3) is 0.0909. The number of anilines is 1. The fourth-order valence-corrected chi connectivity index (χ4v) is 5.26. The van der Waals surface area contributed by atoms with Gasteiger partial charge < -0.3 is 0 Å². The Kier molecular flexibility index (Phi) is 4.64. The second kappa shape index (κ2) is 7.36. The Morgan fingerprint density at radius 2 is 1.84 bits per heavy atom. The monoisotopic (exact) mass is 450 g/mol. The van der Waals surface area contributed by atoms with E-state index in [-0.39, 0.29) is 5.82 Å². The third kappa shape index (κ3) is 3.31. The molecule has 4 aromatic rings. The van der Waals surface area contributed by atoms with Gasteiger partial charge in [-0.25, -0.2) is 14.4 Å². The van der Waals surface area contributed by atoms with E-state index in [0.717, 1.165) is 31.3 Å². The van der Waals surface area contributed by atoms with Gasteiger partial charge in [-0.15, -0.1) is 22.7 Å². The minimum atomic E-state index is -0.446. The number of hydrazine groups is 1. The summed E-state index contributed by atoms with van der Waals surface area (Å²) < 4.78 is 13.4. The second-order valence-corrected chi connectivity index (χ2v) is 8.98. The number of amides is 2. The zero-order valence-electron chi connectivity index (χ0n) is 16.5. The molecule has 2 amide bonds. The van der Waals surface area contributed by atoms with Crippen molar-refractivity contribution < 1.29 is 14.0 Å². The molecule has 0 unspecified atom stereocenters. The summed E-state index contributed by atoms with van der Waals surface area (Å²) in [6, 6.07) is 10.1. The molecule has 4 heterocycles. The summed E-state index contributed by atoms with van der Waals surface area (Å²) in [7, 11) is 0. The fourth-order valence-electron chi connectivity index (χ4n) is 3.41. The molecule has 1 N–H and O–H groups in total. The molecule has 1 aromatic carbocycles. The number of hydrogen-bond donors (Lipinski definition) is 1. The summed E-state index contributed by atoms with van der Waals surface area (Å²) in [5.41, 5.74) is 5.01. The Morgan fingerprint density at radius 1 is 1.06 bits per heavy atom. The van der Waals surface area contributed by atoms with E-state index in [9.17, 15) is 14.0 Å². The standard InChI is InChI=1S/C22H15FN4O2S2/c1-11-10-16(28)27(22(11)29)26-20-17-12(2)18(13-5-7-14(23)8-6-13)31-21(17)25-19(24-20)15-4-3-9-30-15/h3-10H,1-2H3,(H,24,25,26). The molecule has 6 nitrogen and oxygen atoms in total. The molecular weight excluding hydrogens is 435 g/mol. The van der Waals surface area contributed by atoms with Crippen molar-refractivity contribution in [2.75, 3.05) is 5.43 Å². The smallest absolute Gasteiger partial charge is 0.271 e. The van der Waals surface area contributed by atoms with Gasteiger partial charge in [-0.2, -0.15) is 5.01 Å². The van der Waals surface area contributed by atoms with Crippen LogP contribution in [0.4, 0.5) is 10.2 Å². The first-order chi connectivity index (χ1) is 14.9. The zero-order chi connectivity index (χ0) is 21.7. The van der Waals surface area contributed by atoms with Crippen LogP contribution in [0.3, 0.4) is 0 Å². The van der Waals surface area contributed by atoms with Crippen LogP contribution in [0, 0.1) is 12.7 Å². The highest BCUT2D eigenvalue weighted by Gasteiger charge is 2.30. The SMILES string of the molecule is CC1=CC(=O)N(Nc2nc(-c3cccs3)nc3sc(-c4ccc(F)cc4)c(C)c23)C1=O. The summed E-state index contributed by atoms with van der Waals surface area (Å²) in [4.78, 5) is 36.6. The van der Waals surface area contributed by atoms with Crippen molar-refractivity contribution in [2.24, 2.45) is 0 Å². The Balaban J connectivity index is 1.69. The number of aromatic nitrogens is 2. The van der Waals surface area contributed by atoms with Crippen LogP contribution in [0.1, 0.15) is 12.5 Å². The maximum absolute atomic E-state index is 13.4. The maximum Gasteiger partial charge on any atom is 0.275 e. The van der Waals surface area contributed by atoms with Gasteiger partial charge in [-0.3, -0.25) is 15.0 Å². The molecule has 0 radical (unpaired) electrons. The summed E-state index contributed by atoms with van der Waals surface area (Å²) in [5, 5.41) is 3.61. The Morgan fingerprint density at radius 3 is 2.48 bits per heavy atom. The average molecular weight is 451 g/mol. The van der Waals surface area contributed by atoms with Crippen molar-refractivity contribution in [3.05, 3.63) is 64.8 Å². The molecule has 0 atom stereocenters. The first kappa shape index (κ1) is 19.5. The van der Waals surface area contributed by atoms with Crippen molar-refractivity contribution >= 4 is 50.5 Å². The number of thiophene rings is 2. The minimum Gasteiger partial charge on any atom is -0.271 e. The quantitative estimate of drug-likeness (QED) is 0.434. The van der Waals surface area contributed by atoms with Gasteiger partial charge in [0.15, 0.2) is 11.6 Å². The average Bonchev–Trinajstić information content (AvgIpc) is 3.45. The van der Waals surface area contributed by atoms with Crippen LogP contribution in [0.5, 0.6) is 0 Å². The largest absolute Gasteiger partial charge is 0.275 e. The summed E-state index contributed by atoms with van der Waals surface area (Å²) in [5.74, 6) is -0.292. The molecular formula is C22H15FN4O2S2. The molecule has 154 valence electrons. The van der Waals surface area contributed by atoms with E-state index < -0.39 is 11.8 Å². The molecule has 1 aliphatic rings. The molecule has 31 heavy (non-hydrogen) atoms. The van der Waals surface area contributed by atoms with Crippen LogP contribution in [0.15, 0.2) is 53.4 Å². The van der Waals surface area contributed by atoms with E-state index in [1.165, 1.54) is 40.9 Å². The number of carbonyl (C=O) groups excluding carboxylic acids is 2. The van der Waals surface area contributed by atoms with E-state index >= 15 is 0 Å². The number of halogens is 1.